The first kappa shape index (κ1) is 22.4. The Morgan fingerprint density at radius 3 is 2.57 bits per heavy atom. The van der Waals surface area contributed by atoms with Gasteiger partial charge in [0.25, 0.3) is 5.91 Å². The van der Waals surface area contributed by atoms with Crippen LogP contribution in [0.3, 0.4) is 0 Å². The van der Waals surface area contributed by atoms with E-state index < -0.39 is 12.1 Å². The number of rotatable bonds is 7. The number of amides is 3. The van der Waals surface area contributed by atoms with E-state index in [2.05, 4.69) is 15.5 Å². The van der Waals surface area contributed by atoms with Gasteiger partial charge in [0.2, 0.25) is 0 Å². The highest BCUT2D eigenvalue weighted by Gasteiger charge is 2.29. The van der Waals surface area contributed by atoms with Crippen LogP contribution in [0.2, 0.25) is 0 Å². The van der Waals surface area contributed by atoms with Crippen molar-refractivity contribution in [3.05, 3.63) is 29.8 Å². The first-order valence-electron chi connectivity index (χ1n) is 11.0. The van der Waals surface area contributed by atoms with Gasteiger partial charge in [0.15, 0.2) is 0 Å². The molecule has 0 spiro atoms. The fourth-order valence-electron chi connectivity index (χ4n) is 3.99. The normalized spacial score (nSPS) is 22.4. The first-order valence-corrected chi connectivity index (χ1v) is 11.0. The molecule has 2 aliphatic rings. The highest BCUT2D eigenvalue weighted by molar-refractivity contribution is 5.94. The summed E-state index contributed by atoms with van der Waals surface area (Å²) in [5, 5.41) is 16.1. The van der Waals surface area contributed by atoms with Crippen LogP contribution < -0.4 is 15.4 Å². The van der Waals surface area contributed by atoms with Crippen LogP contribution in [0.4, 0.5) is 4.79 Å². The molecule has 3 amide bonds. The number of nitrogens with zero attached hydrogens (tertiary/aromatic N) is 2. The third-order valence-electron chi connectivity index (χ3n) is 5.73. The number of hydrogen-bond donors (Lipinski definition) is 3. The van der Waals surface area contributed by atoms with Gasteiger partial charge >= 0.3 is 6.03 Å². The number of hydrogen-bond acceptors (Lipinski definition) is 5. The van der Waals surface area contributed by atoms with E-state index >= 15 is 0 Å². The van der Waals surface area contributed by atoms with Crippen molar-refractivity contribution >= 4 is 11.9 Å². The van der Waals surface area contributed by atoms with Crippen molar-refractivity contribution in [2.45, 2.75) is 44.8 Å². The first-order chi connectivity index (χ1) is 14.6. The van der Waals surface area contributed by atoms with Gasteiger partial charge in [-0.25, -0.2) is 4.79 Å². The van der Waals surface area contributed by atoms with Crippen LogP contribution in [0, 0.1) is 0 Å². The molecule has 8 heteroatoms. The van der Waals surface area contributed by atoms with Crippen molar-refractivity contribution in [3.8, 4) is 5.75 Å². The van der Waals surface area contributed by atoms with Crippen LogP contribution >= 0.6 is 0 Å². The fraction of sp³-hybridized carbons (Fsp3) is 0.636. The van der Waals surface area contributed by atoms with Gasteiger partial charge < -0.3 is 25.4 Å². The summed E-state index contributed by atoms with van der Waals surface area (Å²) in [4.78, 5) is 28.9. The zero-order valence-corrected chi connectivity index (χ0v) is 17.8. The average Bonchev–Trinajstić information content (AvgIpc) is 3.19. The number of carbonyl (C=O) groups excluding carboxylic acids is 2. The van der Waals surface area contributed by atoms with Crippen LogP contribution in [-0.2, 0) is 0 Å². The fourth-order valence-corrected chi connectivity index (χ4v) is 3.99. The molecule has 0 aliphatic carbocycles. The van der Waals surface area contributed by atoms with Crippen molar-refractivity contribution in [3.63, 3.8) is 0 Å². The van der Waals surface area contributed by atoms with Crippen LogP contribution in [0.1, 0.15) is 43.0 Å². The summed E-state index contributed by atoms with van der Waals surface area (Å²) in [5.41, 5.74) is 0.503. The van der Waals surface area contributed by atoms with E-state index in [4.69, 9.17) is 4.74 Å². The molecule has 30 heavy (non-hydrogen) atoms. The average molecular weight is 419 g/mol. The van der Waals surface area contributed by atoms with E-state index in [0.717, 1.165) is 25.4 Å². The maximum Gasteiger partial charge on any atom is 0.317 e. The SMILES string of the molecule is CCNC(=O)N1CCC[C@@H](O)[C@H](NC(=O)c2ccc(OCCN3CCCC3)cc2)C1. The van der Waals surface area contributed by atoms with Gasteiger partial charge in [-0.05, 0) is 70.0 Å². The maximum atomic E-state index is 12.7. The van der Waals surface area contributed by atoms with Crippen molar-refractivity contribution in [2.24, 2.45) is 0 Å². The van der Waals surface area contributed by atoms with Crippen molar-refractivity contribution in [2.75, 3.05) is 45.9 Å². The van der Waals surface area contributed by atoms with Crippen molar-refractivity contribution in [1.82, 2.24) is 20.4 Å². The number of nitrogens with one attached hydrogen (secondary N) is 2. The second-order valence-corrected chi connectivity index (χ2v) is 7.99. The molecule has 166 valence electrons. The summed E-state index contributed by atoms with van der Waals surface area (Å²) < 4.78 is 5.79. The van der Waals surface area contributed by atoms with Crippen molar-refractivity contribution < 1.29 is 19.4 Å². The zero-order valence-electron chi connectivity index (χ0n) is 17.8. The van der Waals surface area contributed by atoms with E-state index in [9.17, 15) is 14.7 Å². The standard InChI is InChI=1S/C22H34N4O4/c1-2-23-22(29)26-13-5-6-20(27)19(16-26)24-21(28)17-7-9-18(10-8-17)30-15-14-25-11-3-4-12-25/h7-10,19-20,27H,2-6,11-16H2,1H3,(H,23,29)(H,24,28)/t19-,20-/m1/s1. The monoisotopic (exact) mass is 418 g/mol. The lowest BCUT2D eigenvalue weighted by molar-refractivity contribution is 0.0809. The highest BCUT2D eigenvalue weighted by atomic mass is 16.5. The van der Waals surface area contributed by atoms with Crippen molar-refractivity contribution in [1.29, 1.82) is 0 Å². The maximum absolute atomic E-state index is 12.7. The van der Waals surface area contributed by atoms with Crippen LogP contribution in [0.15, 0.2) is 24.3 Å². The Bertz CT molecular complexity index is 691. The summed E-state index contributed by atoms with van der Waals surface area (Å²) in [5.74, 6) is 0.475. The number of carbonyl (C=O) groups is 2. The minimum Gasteiger partial charge on any atom is -0.492 e. The summed E-state index contributed by atoms with van der Waals surface area (Å²) in [6, 6.07) is 6.38. The minimum atomic E-state index is -0.679. The largest absolute Gasteiger partial charge is 0.492 e. The Balaban J connectivity index is 1.51. The molecule has 2 saturated heterocycles. The highest BCUT2D eigenvalue weighted by Crippen LogP contribution is 2.15. The van der Waals surface area contributed by atoms with Crippen LogP contribution in [0.25, 0.3) is 0 Å². The summed E-state index contributed by atoms with van der Waals surface area (Å²) >= 11 is 0. The lowest BCUT2D eigenvalue weighted by Crippen LogP contribution is -2.51. The van der Waals surface area contributed by atoms with Gasteiger partial charge in [-0.15, -0.1) is 0 Å². The molecule has 0 bridgehead atoms. The second kappa shape index (κ2) is 11.2. The van der Waals surface area contributed by atoms with Gasteiger partial charge in [0, 0.05) is 31.7 Å². The number of urea groups is 1. The quantitative estimate of drug-likeness (QED) is 0.623. The molecular formula is C22H34N4O4. The smallest absolute Gasteiger partial charge is 0.317 e. The summed E-state index contributed by atoms with van der Waals surface area (Å²) in [7, 11) is 0. The molecule has 0 unspecified atom stereocenters. The molecule has 1 aromatic carbocycles. The molecule has 3 rings (SSSR count). The number of benzene rings is 1. The van der Waals surface area contributed by atoms with E-state index in [0.29, 0.717) is 38.1 Å². The van der Waals surface area contributed by atoms with Crippen LogP contribution in [-0.4, -0.2) is 84.9 Å². The summed E-state index contributed by atoms with van der Waals surface area (Å²) in [6.45, 7) is 7.11. The Morgan fingerprint density at radius 1 is 1.13 bits per heavy atom. The Hall–Kier alpha value is -2.32. The molecule has 2 aliphatic heterocycles. The molecule has 2 atom stereocenters. The van der Waals surface area contributed by atoms with Gasteiger partial charge in [-0.1, -0.05) is 0 Å². The number of aliphatic hydroxyl groups excluding tert-OH is 1. The predicted molar refractivity (Wildman–Crippen MR) is 115 cm³/mol. The Labute approximate surface area is 178 Å². The van der Waals surface area contributed by atoms with E-state index in [-0.39, 0.29) is 18.5 Å². The Morgan fingerprint density at radius 2 is 1.87 bits per heavy atom. The van der Waals surface area contributed by atoms with Crippen LogP contribution in [0.5, 0.6) is 5.75 Å². The van der Waals surface area contributed by atoms with Gasteiger partial charge in [0.1, 0.15) is 12.4 Å². The predicted octanol–water partition coefficient (Wildman–Crippen LogP) is 1.45. The second-order valence-electron chi connectivity index (χ2n) is 7.99. The lowest BCUT2D eigenvalue weighted by atomic mass is 10.1. The number of ether oxygens (including phenoxy) is 1. The molecule has 0 saturated carbocycles. The number of likely N-dealkylation sites (tertiary alicyclic amines) is 2. The zero-order chi connectivity index (χ0) is 21.3. The number of aliphatic hydroxyl groups is 1. The molecule has 3 N–H and O–H groups in total. The molecule has 1 aromatic rings. The molecule has 8 nitrogen and oxygen atoms in total. The lowest BCUT2D eigenvalue weighted by Gasteiger charge is -2.27. The third-order valence-corrected chi connectivity index (χ3v) is 5.73. The minimum absolute atomic E-state index is 0.165. The van der Waals surface area contributed by atoms with Gasteiger partial charge in [-0.3, -0.25) is 9.69 Å². The van der Waals surface area contributed by atoms with E-state index in [1.807, 2.05) is 6.92 Å². The van der Waals surface area contributed by atoms with Gasteiger partial charge in [0.05, 0.1) is 12.1 Å². The summed E-state index contributed by atoms with van der Waals surface area (Å²) in [6.07, 6.45) is 3.10. The Kier molecular flexibility index (Phi) is 8.33. The van der Waals surface area contributed by atoms with E-state index in [1.54, 1.807) is 29.2 Å². The topological polar surface area (TPSA) is 94.1 Å². The molecule has 2 fully saturated rings. The van der Waals surface area contributed by atoms with Gasteiger partial charge in [-0.2, -0.15) is 0 Å². The van der Waals surface area contributed by atoms with E-state index in [1.165, 1.54) is 12.8 Å². The molecular weight excluding hydrogens is 384 g/mol. The molecule has 0 radical (unpaired) electrons. The molecule has 2 heterocycles. The third kappa shape index (κ3) is 6.34. The molecule has 0 aromatic heterocycles.